The molecule has 2 aromatic carbocycles. The number of sulfonamides is 1. The van der Waals surface area contributed by atoms with Gasteiger partial charge in [0.15, 0.2) is 0 Å². The van der Waals surface area contributed by atoms with Crippen LogP contribution in [0.15, 0.2) is 53.4 Å². The second-order valence-corrected chi connectivity index (χ2v) is 8.42. The van der Waals surface area contributed by atoms with Crippen molar-refractivity contribution in [3.8, 4) is 0 Å². The molecule has 0 aliphatic carbocycles. The van der Waals surface area contributed by atoms with E-state index in [-0.39, 0.29) is 17.3 Å². The summed E-state index contributed by atoms with van der Waals surface area (Å²) in [6, 6.07) is 13.8. The normalized spacial score (nSPS) is 11.8. The first-order valence-electron chi connectivity index (χ1n) is 8.25. The van der Waals surface area contributed by atoms with E-state index in [0.29, 0.717) is 5.56 Å². The van der Waals surface area contributed by atoms with Gasteiger partial charge in [0, 0.05) is 32.7 Å². The van der Waals surface area contributed by atoms with Gasteiger partial charge in [-0.25, -0.2) is 8.42 Å². The maximum Gasteiger partial charge on any atom is 0.251 e. The number of hydrogen-bond donors (Lipinski definition) is 1. The molecule has 6 nitrogen and oxygen atoms in total. The van der Waals surface area contributed by atoms with Crippen LogP contribution in [0.1, 0.15) is 21.5 Å². The van der Waals surface area contributed by atoms with Crippen LogP contribution in [0.2, 0.25) is 0 Å². The SMILES string of the molecule is CNC(=O)c1ccc(S(=O)(=O)N(C)Cc2ccccc2CN(C)C)cc1. The predicted octanol–water partition coefficient (Wildman–Crippen LogP) is 1.93. The zero-order valence-electron chi connectivity index (χ0n) is 15.6. The minimum absolute atomic E-state index is 0.165. The maximum atomic E-state index is 12.8. The van der Waals surface area contributed by atoms with E-state index in [2.05, 4.69) is 5.32 Å². The number of carbonyl (C=O) groups is 1. The van der Waals surface area contributed by atoms with Crippen LogP contribution >= 0.6 is 0 Å². The fourth-order valence-electron chi connectivity index (χ4n) is 2.63. The van der Waals surface area contributed by atoms with Crippen LogP contribution in [0.3, 0.4) is 0 Å². The van der Waals surface area contributed by atoms with E-state index in [9.17, 15) is 13.2 Å². The number of hydrogen-bond acceptors (Lipinski definition) is 4. The third-order valence-corrected chi connectivity index (χ3v) is 5.87. The van der Waals surface area contributed by atoms with Crippen LogP contribution in [0.25, 0.3) is 0 Å². The van der Waals surface area contributed by atoms with E-state index in [4.69, 9.17) is 0 Å². The molecule has 140 valence electrons. The van der Waals surface area contributed by atoms with Gasteiger partial charge in [0.05, 0.1) is 4.90 Å². The molecule has 0 atom stereocenters. The quantitative estimate of drug-likeness (QED) is 0.803. The molecule has 0 saturated heterocycles. The highest BCUT2D eigenvalue weighted by atomic mass is 32.2. The van der Waals surface area contributed by atoms with E-state index in [1.54, 1.807) is 7.05 Å². The number of nitrogens with zero attached hydrogens (tertiary/aromatic N) is 2. The number of carbonyl (C=O) groups excluding carboxylic acids is 1. The highest BCUT2D eigenvalue weighted by Crippen LogP contribution is 2.19. The smallest absolute Gasteiger partial charge is 0.251 e. The number of rotatable bonds is 7. The number of benzene rings is 2. The summed E-state index contributed by atoms with van der Waals surface area (Å²) in [6.07, 6.45) is 0. The lowest BCUT2D eigenvalue weighted by Crippen LogP contribution is -2.27. The zero-order valence-corrected chi connectivity index (χ0v) is 16.4. The lowest BCUT2D eigenvalue weighted by molar-refractivity contribution is 0.0963. The molecule has 0 aliphatic heterocycles. The molecule has 1 N–H and O–H groups in total. The molecule has 0 aromatic heterocycles. The van der Waals surface area contributed by atoms with Crippen LogP contribution in [0.4, 0.5) is 0 Å². The number of amides is 1. The summed E-state index contributed by atoms with van der Waals surface area (Å²) in [5.41, 5.74) is 2.48. The fourth-order valence-corrected chi connectivity index (χ4v) is 3.78. The van der Waals surface area contributed by atoms with Gasteiger partial charge >= 0.3 is 0 Å². The Bertz CT molecular complexity index is 862. The van der Waals surface area contributed by atoms with Crippen LogP contribution in [0, 0.1) is 0 Å². The molecule has 0 bridgehead atoms. The van der Waals surface area contributed by atoms with Gasteiger partial charge in [-0.1, -0.05) is 24.3 Å². The largest absolute Gasteiger partial charge is 0.355 e. The molecule has 1 amide bonds. The fraction of sp³-hybridized carbons (Fsp3) is 0.316. The van der Waals surface area contributed by atoms with Crippen molar-refractivity contribution in [1.29, 1.82) is 0 Å². The third-order valence-electron chi connectivity index (χ3n) is 4.05. The zero-order chi connectivity index (χ0) is 19.3. The third kappa shape index (κ3) is 4.69. The topological polar surface area (TPSA) is 69.7 Å². The molecule has 0 radical (unpaired) electrons. The monoisotopic (exact) mass is 375 g/mol. The Morgan fingerprint density at radius 1 is 0.923 bits per heavy atom. The Labute approximate surface area is 155 Å². The van der Waals surface area contributed by atoms with Gasteiger partial charge in [0.2, 0.25) is 10.0 Å². The highest BCUT2D eigenvalue weighted by Gasteiger charge is 2.22. The Morgan fingerprint density at radius 2 is 1.46 bits per heavy atom. The summed E-state index contributed by atoms with van der Waals surface area (Å²) in [6.45, 7) is 1.02. The summed E-state index contributed by atoms with van der Waals surface area (Å²) in [7, 11) is 3.41. The molecule has 0 fully saturated rings. The van der Waals surface area contributed by atoms with Crippen molar-refractivity contribution in [3.05, 3.63) is 65.2 Å². The van der Waals surface area contributed by atoms with Crippen LogP contribution < -0.4 is 5.32 Å². The Balaban J connectivity index is 2.23. The van der Waals surface area contributed by atoms with E-state index >= 15 is 0 Å². The van der Waals surface area contributed by atoms with Crippen molar-refractivity contribution in [3.63, 3.8) is 0 Å². The van der Waals surface area contributed by atoms with Gasteiger partial charge in [-0.15, -0.1) is 0 Å². The van der Waals surface area contributed by atoms with Crippen molar-refractivity contribution in [2.75, 3.05) is 28.2 Å². The van der Waals surface area contributed by atoms with Crippen molar-refractivity contribution in [2.45, 2.75) is 18.0 Å². The van der Waals surface area contributed by atoms with Crippen molar-refractivity contribution in [2.24, 2.45) is 0 Å². The van der Waals surface area contributed by atoms with Crippen LogP contribution in [-0.4, -0.2) is 51.7 Å². The summed E-state index contributed by atoms with van der Waals surface area (Å²) in [4.78, 5) is 13.8. The first-order valence-corrected chi connectivity index (χ1v) is 9.69. The first-order chi connectivity index (χ1) is 12.3. The minimum Gasteiger partial charge on any atom is -0.355 e. The van der Waals surface area contributed by atoms with Crippen molar-refractivity contribution in [1.82, 2.24) is 14.5 Å². The average Bonchev–Trinajstić information content (AvgIpc) is 2.62. The highest BCUT2D eigenvalue weighted by molar-refractivity contribution is 7.89. The van der Waals surface area contributed by atoms with E-state index in [1.807, 2.05) is 43.3 Å². The second-order valence-electron chi connectivity index (χ2n) is 6.37. The Hall–Kier alpha value is -2.22. The van der Waals surface area contributed by atoms with Crippen LogP contribution in [-0.2, 0) is 23.1 Å². The van der Waals surface area contributed by atoms with Gasteiger partial charge in [-0.2, -0.15) is 4.31 Å². The van der Waals surface area contributed by atoms with Gasteiger partial charge < -0.3 is 10.2 Å². The molecule has 26 heavy (non-hydrogen) atoms. The summed E-state index contributed by atoms with van der Waals surface area (Å²) in [5, 5.41) is 2.51. The molecule has 0 saturated carbocycles. The van der Waals surface area contributed by atoms with Gasteiger partial charge in [-0.3, -0.25) is 4.79 Å². The van der Waals surface area contributed by atoms with E-state index in [0.717, 1.165) is 17.7 Å². The first kappa shape index (κ1) is 20.1. The molecule has 0 unspecified atom stereocenters. The van der Waals surface area contributed by atoms with Crippen LogP contribution in [0.5, 0.6) is 0 Å². The molecule has 0 spiro atoms. The molecule has 0 aliphatic rings. The van der Waals surface area contributed by atoms with Gasteiger partial charge in [0.25, 0.3) is 5.91 Å². The number of nitrogens with one attached hydrogen (secondary N) is 1. The average molecular weight is 375 g/mol. The van der Waals surface area contributed by atoms with E-state index < -0.39 is 10.0 Å². The van der Waals surface area contributed by atoms with Crippen molar-refractivity contribution < 1.29 is 13.2 Å². The summed E-state index contributed by atoms with van der Waals surface area (Å²) < 4.78 is 27.0. The molecular weight excluding hydrogens is 350 g/mol. The predicted molar refractivity (Wildman–Crippen MR) is 102 cm³/mol. The molecule has 7 heteroatoms. The lowest BCUT2D eigenvalue weighted by Gasteiger charge is -2.20. The minimum atomic E-state index is -3.64. The molecule has 0 heterocycles. The summed E-state index contributed by atoms with van der Waals surface area (Å²) >= 11 is 0. The maximum absolute atomic E-state index is 12.8. The Morgan fingerprint density at radius 3 is 1.96 bits per heavy atom. The van der Waals surface area contributed by atoms with Crippen molar-refractivity contribution >= 4 is 15.9 Å². The van der Waals surface area contributed by atoms with E-state index in [1.165, 1.54) is 35.6 Å². The Kier molecular flexibility index (Phi) is 6.52. The summed E-state index contributed by atoms with van der Waals surface area (Å²) in [5.74, 6) is -0.250. The molecule has 2 aromatic rings. The molecular formula is C19H25N3O3S. The van der Waals surface area contributed by atoms with Gasteiger partial charge in [-0.05, 0) is 49.5 Å². The molecule has 2 rings (SSSR count). The standard InChI is InChI=1S/C19H25N3O3S/c1-20-19(23)15-9-11-18(12-10-15)26(24,25)22(4)14-17-8-6-5-7-16(17)13-21(2)3/h5-12H,13-14H2,1-4H3,(H,20,23). The second kappa shape index (κ2) is 8.44. The lowest BCUT2D eigenvalue weighted by atomic mass is 10.1. The van der Waals surface area contributed by atoms with Gasteiger partial charge in [0.1, 0.15) is 0 Å².